The summed E-state index contributed by atoms with van der Waals surface area (Å²) in [5.74, 6) is 0.840. The summed E-state index contributed by atoms with van der Waals surface area (Å²) in [5, 5.41) is 6.01. The summed E-state index contributed by atoms with van der Waals surface area (Å²) in [6, 6.07) is 13.0. The minimum atomic E-state index is -0.288. The second kappa shape index (κ2) is 8.53. The smallest absolute Gasteiger partial charge is 0.274 e. The highest BCUT2D eigenvalue weighted by atomic mass is 16.5. The molecule has 2 N–H and O–H groups in total. The third kappa shape index (κ3) is 4.29. The molecule has 4 rings (SSSR count). The van der Waals surface area contributed by atoms with Gasteiger partial charge in [-0.25, -0.2) is 9.97 Å². The molecule has 0 unspecified atom stereocenters. The molecule has 8 heteroatoms. The molecule has 0 saturated carbocycles. The van der Waals surface area contributed by atoms with Crippen LogP contribution in [0.15, 0.2) is 59.3 Å². The third-order valence-corrected chi connectivity index (χ3v) is 4.39. The number of nitrogens with zero attached hydrogens (tertiary/aromatic N) is 3. The van der Waals surface area contributed by atoms with Gasteiger partial charge in [0.2, 0.25) is 5.95 Å². The Hall–Kier alpha value is -3.39. The van der Waals surface area contributed by atoms with Gasteiger partial charge in [0.05, 0.1) is 37.4 Å². The van der Waals surface area contributed by atoms with Crippen molar-refractivity contribution in [1.29, 1.82) is 0 Å². The van der Waals surface area contributed by atoms with Crippen molar-refractivity contribution in [1.82, 2.24) is 9.97 Å². The SMILES string of the molecule is O=C(Nc1ccccc1N1CCOCC1)c1ccnc(NCc2ccco2)n1. The maximum Gasteiger partial charge on any atom is 0.274 e. The molecule has 8 nitrogen and oxygen atoms in total. The van der Waals surface area contributed by atoms with E-state index in [0.717, 1.165) is 30.2 Å². The van der Waals surface area contributed by atoms with Gasteiger partial charge in [0.1, 0.15) is 11.5 Å². The molecule has 2 aromatic heterocycles. The van der Waals surface area contributed by atoms with Crippen LogP contribution in [-0.4, -0.2) is 42.2 Å². The molecule has 1 aromatic carbocycles. The second-order valence-corrected chi connectivity index (χ2v) is 6.27. The molecule has 28 heavy (non-hydrogen) atoms. The maximum absolute atomic E-state index is 12.7. The molecule has 0 spiro atoms. The Morgan fingerprint density at radius 3 is 2.79 bits per heavy atom. The highest BCUT2D eigenvalue weighted by Crippen LogP contribution is 2.26. The topological polar surface area (TPSA) is 92.5 Å². The van der Waals surface area contributed by atoms with Crippen LogP contribution in [0, 0.1) is 0 Å². The molecule has 0 atom stereocenters. The highest BCUT2D eigenvalue weighted by Gasteiger charge is 2.17. The van der Waals surface area contributed by atoms with Crippen LogP contribution in [0.2, 0.25) is 0 Å². The predicted octanol–water partition coefficient (Wildman–Crippen LogP) is 2.77. The molecule has 0 radical (unpaired) electrons. The van der Waals surface area contributed by atoms with Gasteiger partial charge in [-0.3, -0.25) is 4.79 Å². The number of furan rings is 1. The van der Waals surface area contributed by atoms with Crippen LogP contribution in [0.25, 0.3) is 0 Å². The van der Waals surface area contributed by atoms with Gasteiger partial charge in [-0.1, -0.05) is 12.1 Å². The molecule has 0 aliphatic carbocycles. The van der Waals surface area contributed by atoms with Gasteiger partial charge in [-0.2, -0.15) is 0 Å². The van der Waals surface area contributed by atoms with Crippen LogP contribution >= 0.6 is 0 Å². The van der Waals surface area contributed by atoms with E-state index in [-0.39, 0.29) is 11.6 Å². The Labute approximate surface area is 162 Å². The van der Waals surface area contributed by atoms with Crippen molar-refractivity contribution in [2.75, 3.05) is 41.8 Å². The molecular weight excluding hydrogens is 358 g/mol. The van der Waals surface area contributed by atoms with Gasteiger partial charge in [0.25, 0.3) is 5.91 Å². The number of carbonyl (C=O) groups excluding carboxylic acids is 1. The van der Waals surface area contributed by atoms with Crippen molar-refractivity contribution in [2.45, 2.75) is 6.54 Å². The first-order chi connectivity index (χ1) is 13.8. The summed E-state index contributed by atoms with van der Waals surface area (Å²) in [5.41, 5.74) is 2.01. The Balaban J connectivity index is 1.46. The molecule has 1 amide bonds. The molecule has 3 aromatic rings. The van der Waals surface area contributed by atoms with Gasteiger partial charge in [-0.05, 0) is 30.3 Å². The number of anilines is 3. The van der Waals surface area contributed by atoms with Crippen molar-refractivity contribution < 1.29 is 13.9 Å². The second-order valence-electron chi connectivity index (χ2n) is 6.27. The third-order valence-electron chi connectivity index (χ3n) is 4.39. The Bertz CT molecular complexity index is 923. The van der Waals surface area contributed by atoms with E-state index in [4.69, 9.17) is 9.15 Å². The molecule has 1 aliphatic rings. The summed E-state index contributed by atoms with van der Waals surface area (Å²) < 4.78 is 10.7. The van der Waals surface area contributed by atoms with E-state index in [1.807, 2.05) is 36.4 Å². The first-order valence-electron chi connectivity index (χ1n) is 9.12. The lowest BCUT2D eigenvalue weighted by Crippen LogP contribution is -2.36. The summed E-state index contributed by atoms with van der Waals surface area (Å²) in [4.78, 5) is 23.4. The van der Waals surface area contributed by atoms with Gasteiger partial charge < -0.3 is 24.7 Å². The first kappa shape index (κ1) is 18.0. The number of hydrogen-bond donors (Lipinski definition) is 2. The molecule has 144 valence electrons. The summed E-state index contributed by atoms with van der Waals surface area (Å²) in [6.07, 6.45) is 3.16. The minimum absolute atomic E-state index is 0.286. The van der Waals surface area contributed by atoms with E-state index >= 15 is 0 Å². The molecule has 1 saturated heterocycles. The van der Waals surface area contributed by atoms with E-state index in [9.17, 15) is 4.79 Å². The molecule has 0 bridgehead atoms. The number of ether oxygens (including phenoxy) is 1. The fourth-order valence-electron chi connectivity index (χ4n) is 3.00. The zero-order valence-corrected chi connectivity index (χ0v) is 15.3. The highest BCUT2D eigenvalue weighted by molar-refractivity contribution is 6.04. The van der Waals surface area contributed by atoms with Gasteiger partial charge in [0, 0.05) is 19.3 Å². The fourth-order valence-corrected chi connectivity index (χ4v) is 3.00. The van der Waals surface area contributed by atoms with Crippen LogP contribution < -0.4 is 15.5 Å². The Morgan fingerprint density at radius 1 is 1.11 bits per heavy atom. The number of amides is 1. The summed E-state index contributed by atoms with van der Waals surface area (Å²) in [7, 11) is 0. The van der Waals surface area contributed by atoms with Gasteiger partial charge in [0.15, 0.2) is 0 Å². The number of nitrogens with one attached hydrogen (secondary N) is 2. The lowest BCUT2D eigenvalue weighted by Gasteiger charge is -2.30. The number of morpholine rings is 1. The van der Waals surface area contributed by atoms with E-state index in [1.54, 1.807) is 18.5 Å². The van der Waals surface area contributed by atoms with Crippen molar-refractivity contribution >= 4 is 23.2 Å². The zero-order chi connectivity index (χ0) is 19.2. The largest absolute Gasteiger partial charge is 0.467 e. The zero-order valence-electron chi connectivity index (χ0n) is 15.3. The van der Waals surface area contributed by atoms with Crippen LogP contribution in [-0.2, 0) is 11.3 Å². The van der Waals surface area contributed by atoms with Crippen LogP contribution in [0.1, 0.15) is 16.2 Å². The van der Waals surface area contributed by atoms with Crippen LogP contribution in [0.5, 0.6) is 0 Å². The monoisotopic (exact) mass is 379 g/mol. The van der Waals surface area contributed by atoms with Crippen molar-refractivity contribution in [2.24, 2.45) is 0 Å². The lowest BCUT2D eigenvalue weighted by atomic mass is 10.2. The average molecular weight is 379 g/mol. The molecule has 1 aliphatic heterocycles. The molecule has 3 heterocycles. The predicted molar refractivity (Wildman–Crippen MR) is 105 cm³/mol. The van der Waals surface area contributed by atoms with Crippen LogP contribution in [0.3, 0.4) is 0 Å². The minimum Gasteiger partial charge on any atom is -0.467 e. The van der Waals surface area contributed by atoms with E-state index in [0.29, 0.717) is 25.7 Å². The Morgan fingerprint density at radius 2 is 1.96 bits per heavy atom. The van der Waals surface area contributed by atoms with Crippen molar-refractivity contribution in [3.63, 3.8) is 0 Å². The maximum atomic E-state index is 12.7. The number of carbonyl (C=O) groups is 1. The lowest BCUT2D eigenvalue weighted by molar-refractivity contribution is 0.102. The first-order valence-corrected chi connectivity index (χ1v) is 9.12. The summed E-state index contributed by atoms with van der Waals surface area (Å²) >= 11 is 0. The Kier molecular flexibility index (Phi) is 5.48. The van der Waals surface area contributed by atoms with Gasteiger partial charge in [-0.15, -0.1) is 0 Å². The van der Waals surface area contributed by atoms with Crippen LogP contribution in [0.4, 0.5) is 17.3 Å². The van der Waals surface area contributed by atoms with Gasteiger partial charge >= 0.3 is 0 Å². The number of hydrogen-bond acceptors (Lipinski definition) is 7. The molecule has 1 fully saturated rings. The summed E-state index contributed by atoms with van der Waals surface area (Å²) in [6.45, 7) is 3.39. The number of rotatable bonds is 6. The fraction of sp³-hybridized carbons (Fsp3) is 0.250. The quantitative estimate of drug-likeness (QED) is 0.680. The number of benzene rings is 1. The van der Waals surface area contributed by atoms with E-state index in [1.165, 1.54) is 0 Å². The average Bonchev–Trinajstić information content (AvgIpc) is 3.27. The van der Waals surface area contributed by atoms with Crippen molar-refractivity contribution in [3.8, 4) is 0 Å². The van der Waals surface area contributed by atoms with E-state index in [2.05, 4.69) is 25.5 Å². The number of aromatic nitrogens is 2. The normalized spacial score (nSPS) is 13.9. The molecular formula is C20H21N5O3. The van der Waals surface area contributed by atoms with Crippen molar-refractivity contribution in [3.05, 3.63) is 66.4 Å². The van der Waals surface area contributed by atoms with E-state index < -0.39 is 0 Å². The standard InChI is InChI=1S/C20H21N5O3/c26-19(17-7-8-21-20(24-17)22-14-15-4-3-11-28-15)23-16-5-1-2-6-18(16)25-9-12-27-13-10-25/h1-8,11H,9-10,12-14H2,(H,23,26)(H,21,22,24). The number of para-hydroxylation sites is 2.